The van der Waals surface area contributed by atoms with Crippen molar-refractivity contribution >= 4 is 17.7 Å². The van der Waals surface area contributed by atoms with Gasteiger partial charge >= 0.3 is 17.6 Å². The van der Waals surface area contributed by atoms with Crippen LogP contribution in [0.4, 0.5) is 0 Å². The average Bonchev–Trinajstić information content (AvgIpc) is 2.77. The number of hydrogen-bond acceptors (Lipinski definition) is 4. The van der Waals surface area contributed by atoms with Crippen molar-refractivity contribution in [1.29, 1.82) is 0 Å². The van der Waals surface area contributed by atoms with Crippen molar-refractivity contribution in [3.8, 4) is 0 Å². The molecule has 0 aliphatic carbocycles. The molecule has 2 rings (SSSR count). The molecule has 2 N–H and O–H groups in total. The number of aliphatic carboxylic acids is 2. The Labute approximate surface area is 136 Å². The van der Waals surface area contributed by atoms with Gasteiger partial charge in [0, 0.05) is 11.8 Å². The molecule has 0 fully saturated rings. The number of aryl methyl sites for hydroxylation is 2. The lowest BCUT2D eigenvalue weighted by Gasteiger charge is -2.06. The highest BCUT2D eigenvalue weighted by molar-refractivity contribution is 6.08. The minimum Gasteiger partial charge on any atom is -0.480 e. The van der Waals surface area contributed by atoms with Crippen LogP contribution >= 0.6 is 0 Å². The molecule has 0 radical (unpaired) electrons. The van der Waals surface area contributed by atoms with E-state index in [2.05, 4.69) is 0 Å². The lowest BCUT2D eigenvalue weighted by molar-refractivity contribution is -0.138. The molecule has 24 heavy (non-hydrogen) atoms. The third-order valence-electron chi connectivity index (χ3n) is 3.65. The number of carboxylic acids is 2. The van der Waals surface area contributed by atoms with E-state index < -0.39 is 36.5 Å². The number of hydrogen-bond donors (Lipinski definition) is 2. The molecule has 0 atom stereocenters. The maximum atomic E-state index is 12.7. The van der Waals surface area contributed by atoms with Crippen LogP contribution in [0.1, 0.15) is 27.2 Å². The van der Waals surface area contributed by atoms with Crippen molar-refractivity contribution in [2.24, 2.45) is 0 Å². The lowest BCUT2D eigenvalue weighted by atomic mass is 10.0. The fraction of sp³-hybridized carbons (Fsp3) is 0.250. The summed E-state index contributed by atoms with van der Waals surface area (Å²) in [5.41, 5.74) is 1.14. The molecule has 0 saturated heterocycles. The number of ketones is 1. The van der Waals surface area contributed by atoms with Crippen LogP contribution in [-0.4, -0.2) is 37.1 Å². The van der Waals surface area contributed by atoms with Gasteiger partial charge in [-0.25, -0.2) is 4.79 Å². The minimum atomic E-state index is -1.31. The van der Waals surface area contributed by atoms with Crippen molar-refractivity contribution in [3.05, 3.63) is 57.3 Å². The number of imidazole rings is 1. The number of rotatable bonds is 6. The van der Waals surface area contributed by atoms with Crippen molar-refractivity contribution in [1.82, 2.24) is 9.13 Å². The molecule has 8 nitrogen and oxygen atoms in total. The molecule has 8 heteroatoms. The number of carboxylic acid groups (broad SMARTS) is 2. The van der Waals surface area contributed by atoms with Crippen LogP contribution < -0.4 is 5.69 Å². The second kappa shape index (κ2) is 6.53. The van der Waals surface area contributed by atoms with Gasteiger partial charge in [-0.15, -0.1) is 0 Å². The molecule has 0 saturated carbocycles. The van der Waals surface area contributed by atoms with Crippen LogP contribution in [0.25, 0.3) is 0 Å². The highest BCUT2D eigenvalue weighted by Crippen LogP contribution is 2.14. The first-order chi connectivity index (χ1) is 11.2. The number of benzene rings is 1. The molecular formula is C16H16N2O6. The Morgan fingerprint density at radius 3 is 2.17 bits per heavy atom. The van der Waals surface area contributed by atoms with Gasteiger partial charge in [-0.3, -0.25) is 23.5 Å². The quantitative estimate of drug-likeness (QED) is 0.750. The highest BCUT2D eigenvalue weighted by atomic mass is 16.4. The molecular weight excluding hydrogens is 316 g/mol. The van der Waals surface area contributed by atoms with Gasteiger partial charge in [0.2, 0.25) is 5.78 Å². The average molecular weight is 332 g/mol. The van der Waals surface area contributed by atoms with E-state index in [0.717, 1.165) is 26.5 Å². The first kappa shape index (κ1) is 17.2. The van der Waals surface area contributed by atoms with Gasteiger partial charge in [0.05, 0.1) is 0 Å². The molecule has 126 valence electrons. The van der Waals surface area contributed by atoms with Crippen molar-refractivity contribution in [2.75, 3.05) is 0 Å². The molecule has 0 unspecified atom stereocenters. The van der Waals surface area contributed by atoms with Crippen LogP contribution in [0, 0.1) is 13.8 Å². The Balaban J connectivity index is 2.56. The topological polar surface area (TPSA) is 119 Å². The van der Waals surface area contributed by atoms with E-state index >= 15 is 0 Å². The second-order valence-corrected chi connectivity index (χ2v) is 5.43. The predicted octanol–water partition coefficient (Wildman–Crippen LogP) is 0.667. The molecule has 1 aromatic heterocycles. The van der Waals surface area contributed by atoms with Crippen LogP contribution in [0.5, 0.6) is 0 Å². The summed E-state index contributed by atoms with van der Waals surface area (Å²) in [5, 5.41) is 17.8. The summed E-state index contributed by atoms with van der Waals surface area (Å²) in [5.74, 6) is -3.12. The maximum Gasteiger partial charge on any atom is 0.329 e. The molecule has 1 aromatic carbocycles. The van der Waals surface area contributed by atoms with E-state index in [9.17, 15) is 19.2 Å². The summed E-state index contributed by atoms with van der Waals surface area (Å²) >= 11 is 0. The van der Waals surface area contributed by atoms with Crippen LogP contribution in [-0.2, 0) is 22.7 Å². The standard InChI is InChI=1S/C16H16N2O6/c1-9-3-4-11(5-10(9)2)15(23)12-6-17(7-13(19)20)16(24)18(12)8-14(21)22/h3-6H,7-8H2,1-2H3,(H,19,20)(H,21,22). The van der Waals surface area contributed by atoms with Crippen molar-refractivity contribution < 1.29 is 24.6 Å². The molecule has 0 bridgehead atoms. The third-order valence-corrected chi connectivity index (χ3v) is 3.65. The molecule has 0 amide bonds. The van der Waals surface area contributed by atoms with Gasteiger partial charge in [-0.05, 0) is 31.0 Å². The van der Waals surface area contributed by atoms with Crippen LogP contribution in [0.3, 0.4) is 0 Å². The Hall–Kier alpha value is -3.16. The monoisotopic (exact) mass is 332 g/mol. The normalized spacial score (nSPS) is 10.6. The van der Waals surface area contributed by atoms with Gasteiger partial charge in [0.25, 0.3) is 0 Å². The van der Waals surface area contributed by atoms with Gasteiger partial charge in [0.1, 0.15) is 18.8 Å². The SMILES string of the molecule is Cc1ccc(C(=O)c2cn(CC(=O)O)c(=O)n2CC(=O)O)cc1C. The number of carbonyl (C=O) groups excluding carboxylic acids is 1. The van der Waals surface area contributed by atoms with Crippen LogP contribution in [0.2, 0.25) is 0 Å². The molecule has 1 heterocycles. The van der Waals surface area contributed by atoms with E-state index in [-0.39, 0.29) is 5.69 Å². The first-order valence-corrected chi connectivity index (χ1v) is 7.06. The number of aromatic nitrogens is 2. The summed E-state index contributed by atoms with van der Waals surface area (Å²) < 4.78 is 1.57. The molecule has 0 aliphatic rings. The second-order valence-electron chi connectivity index (χ2n) is 5.43. The summed E-state index contributed by atoms with van der Waals surface area (Å²) in [6.07, 6.45) is 1.08. The highest BCUT2D eigenvalue weighted by Gasteiger charge is 2.21. The van der Waals surface area contributed by atoms with Crippen molar-refractivity contribution in [2.45, 2.75) is 26.9 Å². The summed E-state index contributed by atoms with van der Waals surface area (Å²) in [4.78, 5) is 46.6. The van der Waals surface area contributed by atoms with E-state index in [0.29, 0.717) is 5.56 Å². The van der Waals surface area contributed by atoms with Gasteiger partial charge in [-0.2, -0.15) is 0 Å². The molecule has 0 spiro atoms. The zero-order chi connectivity index (χ0) is 18.0. The first-order valence-electron chi connectivity index (χ1n) is 7.06. The zero-order valence-corrected chi connectivity index (χ0v) is 13.1. The van der Waals surface area contributed by atoms with Gasteiger partial charge in [0.15, 0.2) is 0 Å². The lowest BCUT2D eigenvalue weighted by Crippen LogP contribution is -2.30. The Bertz CT molecular complexity index is 890. The largest absolute Gasteiger partial charge is 0.480 e. The van der Waals surface area contributed by atoms with E-state index in [1.165, 1.54) is 0 Å². The summed E-state index contributed by atoms with van der Waals surface area (Å²) in [7, 11) is 0. The van der Waals surface area contributed by atoms with E-state index in [1.54, 1.807) is 18.2 Å². The fourth-order valence-electron chi connectivity index (χ4n) is 2.29. The fourth-order valence-corrected chi connectivity index (χ4v) is 2.29. The Morgan fingerprint density at radius 2 is 1.62 bits per heavy atom. The third kappa shape index (κ3) is 3.43. The summed E-state index contributed by atoms with van der Waals surface area (Å²) in [6, 6.07) is 4.97. The Kier molecular flexibility index (Phi) is 4.68. The smallest absolute Gasteiger partial charge is 0.329 e. The predicted molar refractivity (Wildman–Crippen MR) is 83.3 cm³/mol. The van der Waals surface area contributed by atoms with Crippen LogP contribution in [0.15, 0.2) is 29.2 Å². The number of carbonyl (C=O) groups is 3. The zero-order valence-electron chi connectivity index (χ0n) is 13.1. The van der Waals surface area contributed by atoms with Crippen molar-refractivity contribution in [3.63, 3.8) is 0 Å². The molecule has 2 aromatic rings. The Morgan fingerprint density at radius 1 is 1.00 bits per heavy atom. The molecule has 0 aliphatic heterocycles. The number of nitrogens with zero attached hydrogens (tertiary/aromatic N) is 2. The van der Waals surface area contributed by atoms with E-state index in [4.69, 9.17) is 10.2 Å². The van der Waals surface area contributed by atoms with Gasteiger partial charge in [-0.1, -0.05) is 12.1 Å². The van der Waals surface area contributed by atoms with E-state index in [1.807, 2.05) is 13.8 Å². The maximum absolute atomic E-state index is 12.7. The van der Waals surface area contributed by atoms with Gasteiger partial charge < -0.3 is 10.2 Å². The summed E-state index contributed by atoms with van der Waals surface area (Å²) in [6.45, 7) is 2.33. The minimum absolute atomic E-state index is 0.160.